The summed E-state index contributed by atoms with van der Waals surface area (Å²) in [5.41, 5.74) is 0. The van der Waals surface area contributed by atoms with Crippen LogP contribution in [-0.4, -0.2) is 0 Å². The molecule has 0 aromatic carbocycles. The van der Waals surface area contributed by atoms with E-state index in [0.717, 1.165) is 25.7 Å². The van der Waals surface area contributed by atoms with Gasteiger partial charge in [0, 0.05) is 23.7 Å². The summed E-state index contributed by atoms with van der Waals surface area (Å²) in [4.78, 5) is 0. The molecule has 27 heavy (non-hydrogen) atoms. The fraction of sp³-hybridized carbons (Fsp3) is 0.250. The van der Waals surface area contributed by atoms with Crippen LogP contribution < -0.4 is 0 Å². The average Bonchev–Trinajstić information content (AvgIpc) is 3.23. The Hall–Kier alpha value is 0.423. The second kappa shape index (κ2) is 11.0. The van der Waals surface area contributed by atoms with Gasteiger partial charge in [-0.2, -0.15) is 0 Å². The Morgan fingerprint density at radius 3 is 1.41 bits per heavy atom. The third-order valence-corrected chi connectivity index (χ3v) is 5.38. The Kier molecular flexibility index (Phi) is 9.00. The first-order valence-electron chi connectivity index (χ1n) is 9.52. The molecule has 4 aliphatic rings. The predicted molar refractivity (Wildman–Crippen MR) is 113 cm³/mol. The van der Waals surface area contributed by atoms with Crippen LogP contribution in [-0.2, 0) is 20.8 Å². The molecule has 0 aliphatic heterocycles. The monoisotopic (exact) mass is 472 g/mol. The molecule has 2 fully saturated rings. The number of allylic oxidation sites excluding steroid dienone is 8. The summed E-state index contributed by atoms with van der Waals surface area (Å²) in [5.74, 6) is 11.8. The second-order valence-corrected chi connectivity index (χ2v) is 10.5. The van der Waals surface area contributed by atoms with E-state index in [1.165, 1.54) is 35.5 Å². The zero-order valence-corrected chi connectivity index (χ0v) is 19.8. The first-order chi connectivity index (χ1) is 13.2. The summed E-state index contributed by atoms with van der Waals surface area (Å²) in [6.07, 6.45) is 27.0. The molecule has 0 aromatic heterocycles. The third kappa shape index (κ3) is 5.13. The Labute approximate surface area is 185 Å². The van der Waals surface area contributed by atoms with Crippen LogP contribution in [0.4, 0.5) is 0 Å². The molecule has 136 valence electrons. The number of rotatable bonds is 5. The van der Waals surface area contributed by atoms with Crippen molar-refractivity contribution in [2.45, 2.75) is 39.5 Å². The van der Waals surface area contributed by atoms with Crippen molar-refractivity contribution >= 4 is 17.0 Å². The Balaban J connectivity index is 0.000000659. The van der Waals surface area contributed by atoms with Gasteiger partial charge in [-0.1, -0.05) is 62.5 Å². The van der Waals surface area contributed by atoms with Crippen LogP contribution in [0.25, 0.3) is 0 Å². The first kappa shape index (κ1) is 22.1. The van der Waals surface area contributed by atoms with Crippen molar-refractivity contribution < 1.29 is 20.8 Å². The van der Waals surface area contributed by atoms with Gasteiger partial charge in [0.15, 0.2) is 0 Å². The van der Waals surface area contributed by atoms with Crippen molar-refractivity contribution in [3.63, 3.8) is 0 Å². The average molecular weight is 475 g/mol. The van der Waals surface area contributed by atoms with Gasteiger partial charge in [0.2, 0.25) is 0 Å². The molecule has 3 heteroatoms. The van der Waals surface area contributed by atoms with Crippen LogP contribution >= 0.6 is 17.0 Å². The molecule has 0 N–H and O–H groups in total. The maximum absolute atomic E-state index is 4.93. The van der Waals surface area contributed by atoms with Gasteiger partial charge in [0.25, 0.3) is 0 Å². The van der Waals surface area contributed by atoms with Crippen LogP contribution in [0.2, 0.25) is 0 Å². The van der Waals surface area contributed by atoms with Gasteiger partial charge in [-0.25, -0.2) is 0 Å². The Bertz CT molecular complexity index is 529. The van der Waals surface area contributed by atoms with Crippen molar-refractivity contribution in [1.82, 2.24) is 0 Å². The summed E-state index contributed by atoms with van der Waals surface area (Å²) in [5, 5.41) is 0. The zero-order valence-electron chi connectivity index (χ0n) is 15.9. The molecule has 0 heterocycles. The Morgan fingerprint density at radius 2 is 1.04 bits per heavy atom. The van der Waals surface area contributed by atoms with Gasteiger partial charge < -0.3 is 0 Å². The summed E-state index contributed by atoms with van der Waals surface area (Å²) >= 11 is -0.826. The van der Waals surface area contributed by atoms with Gasteiger partial charge in [-0.3, -0.25) is 0 Å². The minimum absolute atomic E-state index is 0.826. The van der Waals surface area contributed by atoms with E-state index in [0.29, 0.717) is 0 Å². The van der Waals surface area contributed by atoms with Crippen molar-refractivity contribution in [3.8, 4) is 0 Å². The molecule has 2 saturated carbocycles. The number of fused-ring (bicyclic) bond motifs is 2. The molecule has 4 aliphatic carbocycles. The topological polar surface area (TPSA) is 0 Å². The second-order valence-electron chi connectivity index (χ2n) is 6.75. The van der Waals surface area contributed by atoms with E-state index in [1.54, 1.807) is 11.8 Å². The summed E-state index contributed by atoms with van der Waals surface area (Å²) in [6.45, 7) is 4.55. The number of halogens is 2. The fourth-order valence-corrected chi connectivity index (χ4v) is 4.24. The van der Waals surface area contributed by atoms with E-state index in [9.17, 15) is 0 Å². The molecular weight excluding hydrogens is 450 g/mol. The van der Waals surface area contributed by atoms with E-state index in [4.69, 9.17) is 17.0 Å². The molecule has 0 nitrogen and oxygen atoms in total. The van der Waals surface area contributed by atoms with E-state index in [-0.39, 0.29) is 0 Å². The van der Waals surface area contributed by atoms with Gasteiger partial charge in [0.05, 0.1) is 0 Å². The molecule has 0 atom stereocenters. The van der Waals surface area contributed by atoms with Crippen LogP contribution in [0.1, 0.15) is 39.5 Å². The normalized spacial score (nSPS) is 24.9. The van der Waals surface area contributed by atoms with Crippen LogP contribution in [0, 0.1) is 60.2 Å². The third-order valence-electron chi connectivity index (χ3n) is 5.38. The quantitative estimate of drug-likeness (QED) is 0.394. The van der Waals surface area contributed by atoms with E-state index in [2.05, 4.69) is 75.3 Å². The van der Waals surface area contributed by atoms with Crippen molar-refractivity contribution in [1.29, 1.82) is 0 Å². The molecule has 0 aromatic rings. The molecular formula is C24H24Cl2Zr+2. The van der Waals surface area contributed by atoms with Crippen molar-refractivity contribution in [2.75, 3.05) is 0 Å². The van der Waals surface area contributed by atoms with E-state index in [1.807, 2.05) is 0 Å². The standard InChI is InChI=1S/C24H24.2ClH.Zr/c1-3-21-19(15-17-9-5-7-11-23(17)21)13-14-20-16-18-10-6-8-12-24(18)22(20)4-2;;;/h5-12,15-16H,3-4,13-14H2,1-2H3;2*1H;/q;;;+4/p-2. The van der Waals surface area contributed by atoms with Gasteiger partial charge >= 0.3 is 37.9 Å². The molecule has 0 amide bonds. The molecule has 10 radical (unpaired) electrons. The summed E-state index contributed by atoms with van der Waals surface area (Å²) in [6, 6.07) is 0. The molecule has 4 rings (SSSR count). The Morgan fingerprint density at radius 1 is 0.667 bits per heavy atom. The van der Waals surface area contributed by atoms with Gasteiger partial charge in [-0.05, 0) is 62.2 Å². The van der Waals surface area contributed by atoms with Crippen LogP contribution in [0.3, 0.4) is 0 Å². The number of hydrogen-bond acceptors (Lipinski definition) is 0. The van der Waals surface area contributed by atoms with E-state index >= 15 is 0 Å². The van der Waals surface area contributed by atoms with Crippen LogP contribution in [0.15, 0.2) is 48.6 Å². The van der Waals surface area contributed by atoms with Crippen LogP contribution in [0.5, 0.6) is 0 Å². The first-order valence-corrected chi connectivity index (χ1v) is 15.8. The number of hydrogen-bond donors (Lipinski definition) is 0. The van der Waals surface area contributed by atoms with Gasteiger partial charge in [0.1, 0.15) is 0 Å². The van der Waals surface area contributed by atoms with Crippen molar-refractivity contribution in [2.24, 2.45) is 0 Å². The van der Waals surface area contributed by atoms with E-state index < -0.39 is 20.8 Å². The molecule has 0 bridgehead atoms. The minimum atomic E-state index is -0.826. The molecule has 0 spiro atoms. The summed E-state index contributed by atoms with van der Waals surface area (Å²) in [7, 11) is 9.87. The molecule has 0 unspecified atom stereocenters. The maximum atomic E-state index is 4.93. The molecule has 0 saturated heterocycles. The van der Waals surface area contributed by atoms with Gasteiger partial charge in [-0.15, -0.1) is 0 Å². The SMILES string of the molecule is CC[C]1[C](CC[C]2[CH][C]3C=CC=C[C]3[C]2CC)[CH][C]2C=CC=C[C]21.[Cl][Zr+2][Cl]. The predicted octanol–water partition coefficient (Wildman–Crippen LogP) is 7.25. The van der Waals surface area contributed by atoms with Crippen molar-refractivity contribution in [3.05, 3.63) is 109 Å². The fourth-order valence-electron chi connectivity index (χ4n) is 4.24. The summed E-state index contributed by atoms with van der Waals surface area (Å²) < 4.78 is 0. The zero-order chi connectivity index (χ0) is 19.2.